The zero-order chi connectivity index (χ0) is 13.8. The molecule has 3 N–H and O–H groups in total. The lowest BCUT2D eigenvalue weighted by molar-refractivity contribution is 0.0948. The van der Waals surface area contributed by atoms with Crippen molar-refractivity contribution < 1.29 is 4.79 Å². The number of nitrogens with one attached hydrogen (secondary N) is 1. The van der Waals surface area contributed by atoms with Gasteiger partial charge in [0.15, 0.2) is 5.69 Å². The summed E-state index contributed by atoms with van der Waals surface area (Å²) in [6.45, 7) is 0.645. The smallest absolute Gasteiger partial charge is 0.296 e. The second-order valence-corrected chi connectivity index (χ2v) is 4.02. The number of carbonyl (C=O) groups excluding carboxylic acids is 1. The van der Waals surface area contributed by atoms with Gasteiger partial charge in [-0.2, -0.15) is 0 Å². The van der Waals surface area contributed by atoms with Crippen LogP contribution in [0, 0.1) is 0 Å². The molecule has 0 unspecified atom stereocenters. The third-order valence-corrected chi connectivity index (χ3v) is 2.49. The summed E-state index contributed by atoms with van der Waals surface area (Å²) in [7, 11) is 0. The predicted molar refractivity (Wildman–Crippen MR) is 65.2 cm³/mol. The second kappa shape index (κ2) is 5.59. The van der Waals surface area contributed by atoms with Crippen LogP contribution in [0.3, 0.4) is 0 Å². The Balaban J connectivity index is 2.06. The number of aromatic nitrogens is 5. The molecule has 0 atom stereocenters. The molecule has 0 aliphatic carbocycles. The van der Waals surface area contributed by atoms with Crippen LogP contribution in [0.2, 0.25) is 5.02 Å². The molecule has 0 bridgehead atoms. The Labute approximate surface area is 112 Å². The topological polar surface area (TPSA) is 121 Å². The van der Waals surface area contributed by atoms with Gasteiger partial charge in [-0.15, -0.1) is 5.10 Å². The highest BCUT2D eigenvalue weighted by Crippen LogP contribution is 2.01. The molecule has 0 aromatic carbocycles. The number of halogens is 1. The third kappa shape index (κ3) is 3.14. The fourth-order valence-corrected chi connectivity index (χ4v) is 1.55. The van der Waals surface area contributed by atoms with Gasteiger partial charge in [-0.1, -0.05) is 16.8 Å². The Bertz CT molecular complexity index is 650. The van der Waals surface area contributed by atoms with Crippen molar-refractivity contribution in [1.82, 2.24) is 30.0 Å². The standard InChI is InChI=1S/C9H10ClN7O2/c10-6-3-12-9(19)16(4-6)1-2-17-5-7(14-15-17)8(18)13-11/h3-5H,1-2,11H2,(H,13,18). The molecule has 0 saturated heterocycles. The summed E-state index contributed by atoms with van der Waals surface area (Å²) in [5.74, 6) is 4.44. The normalized spacial score (nSPS) is 10.4. The van der Waals surface area contributed by atoms with E-state index in [0.717, 1.165) is 0 Å². The van der Waals surface area contributed by atoms with Crippen molar-refractivity contribution in [3.63, 3.8) is 0 Å². The van der Waals surface area contributed by atoms with Crippen molar-refractivity contribution in [3.8, 4) is 0 Å². The fraction of sp³-hybridized carbons (Fsp3) is 0.222. The van der Waals surface area contributed by atoms with Crippen LogP contribution in [0.5, 0.6) is 0 Å². The van der Waals surface area contributed by atoms with Crippen molar-refractivity contribution in [2.75, 3.05) is 0 Å². The summed E-state index contributed by atoms with van der Waals surface area (Å²) in [6, 6.07) is 0. The maximum Gasteiger partial charge on any atom is 0.347 e. The molecule has 0 aliphatic rings. The zero-order valence-electron chi connectivity index (χ0n) is 9.65. The molecule has 2 aromatic heterocycles. The van der Waals surface area contributed by atoms with Crippen LogP contribution < -0.4 is 17.0 Å². The molecule has 2 rings (SSSR count). The van der Waals surface area contributed by atoms with E-state index < -0.39 is 11.6 Å². The van der Waals surface area contributed by atoms with Crippen LogP contribution in [0.1, 0.15) is 10.5 Å². The van der Waals surface area contributed by atoms with E-state index in [-0.39, 0.29) is 5.69 Å². The highest BCUT2D eigenvalue weighted by molar-refractivity contribution is 6.30. The van der Waals surface area contributed by atoms with Crippen molar-refractivity contribution in [3.05, 3.63) is 39.8 Å². The molecule has 0 fully saturated rings. The Kier molecular flexibility index (Phi) is 3.88. The average Bonchev–Trinajstić information content (AvgIpc) is 2.88. The minimum absolute atomic E-state index is 0.0964. The molecule has 0 radical (unpaired) electrons. The fourth-order valence-electron chi connectivity index (χ4n) is 1.38. The SMILES string of the molecule is NNC(=O)c1cn(CCn2cc(Cl)cnc2=O)nn1. The number of nitrogen functional groups attached to an aromatic ring is 1. The number of rotatable bonds is 4. The number of nitrogens with two attached hydrogens (primary N) is 1. The second-order valence-electron chi connectivity index (χ2n) is 3.59. The largest absolute Gasteiger partial charge is 0.347 e. The van der Waals surface area contributed by atoms with Crippen molar-refractivity contribution in [2.24, 2.45) is 5.84 Å². The summed E-state index contributed by atoms with van der Waals surface area (Å²) < 4.78 is 2.75. The van der Waals surface area contributed by atoms with Crippen molar-refractivity contribution >= 4 is 17.5 Å². The van der Waals surface area contributed by atoms with Crippen LogP contribution in [-0.2, 0) is 13.1 Å². The van der Waals surface area contributed by atoms with E-state index in [9.17, 15) is 9.59 Å². The van der Waals surface area contributed by atoms with Crippen LogP contribution in [0.4, 0.5) is 0 Å². The van der Waals surface area contributed by atoms with E-state index in [4.69, 9.17) is 17.4 Å². The maximum absolute atomic E-state index is 11.4. The Morgan fingerprint density at radius 3 is 2.95 bits per heavy atom. The van der Waals surface area contributed by atoms with E-state index in [2.05, 4.69) is 15.3 Å². The molecule has 0 saturated carbocycles. The summed E-state index contributed by atoms with van der Waals surface area (Å²) in [5, 5.41) is 7.73. The van der Waals surface area contributed by atoms with Gasteiger partial charge in [0.05, 0.1) is 24.0 Å². The summed E-state index contributed by atoms with van der Waals surface area (Å²) >= 11 is 5.74. The van der Waals surface area contributed by atoms with E-state index in [1.165, 1.54) is 27.8 Å². The summed E-state index contributed by atoms with van der Waals surface area (Å²) in [5.41, 5.74) is 1.63. The maximum atomic E-state index is 11.4. The Morgan fingerprint density at radius 1 is 1.42 bits per heavy atom. The van der Waals surface area contributed by atoms with Gasteiger partial charge in [0.2, 0.25) is 0 Å². The predicted octanol–water partition coefficient (Wildman–Crippen LogP) is -1.21. The number of hydrogen-bond acceptors (Lipinski definition) is 6. The first-order chi connectivity index (χ1) is 9.10. The van der Waals surface area contributed by atoms with Crippen LogP contribution in [-0.4, -0.2) is 30.5 Å². The minimum atomic E-state index is -0.534. The van der Waals surface area contributed by atoms with Crippen LogP contribution >= 0.6 is 11.6 Å². The lowest BCUT2D eigenvalue weighted by Gasteiger charge is -2.04. The van der Waals surface area contributed by atoms with E-state index in [1.807, 2.05) is 5.43 Å². The van der Waals surface area contributed by atoms with E-state index in [0.29, 0.717) is 18.1 Å². The quantitative estimate of drug-likeness (QED) is 0.413. The first-order valence-corrected chi connectivity index (χ1v) is 5.61. The minimum Gasteiger partial charge on any atom is -0.296 e. The van der Waals surface area contributed by atoms with Gasteiger partial charge in [-0.25, -0.2) is 20.3 Å². The van der Waals surface area contributed by atoms with Crippen LogP contribution in [0.15, 0.2) is 23.4 Å². The summed E-state index contributed by atoms with van der Waals surface area (Å²) in [6.07, 6.45) is 4.17. The molecule has 1 amide bonds. The Hall–Kier alpha value is -2.26. The molecule has 100 valence electrons. The highest BCUT2D eigenvalue weighted by atomic mass is 35.5. The molecular weight excluding hydrogens is 274 g/mol. The van der Waals surface area contributed by atoms with Gasteiger partial charge in [-0.05, 0) is 0 Å². The van der Waals surface area contributed by atoms with Gasteiger partial charge < -0.3 is 0 Å². The molecule has 0 aliphatic heterocycles. The van der Waals surface area contributed by atoms with E-state index >= 15 is 0 Å². The molecule has 0 spiro atoms. The van der Waals surface area contributed by atoms with Gasteiger partial charge >= 0.3 is 5.69 Å². The third-order valence-electron chi connectivity index (χ3n) is 2.30. The average molecular weight is 284 g/mol. The molecule has 2 aromatic rings. The monoisotopic (exact) mass is 283 g/mol. The molecule has 19 heavy (non-hydrogen) atoms. The van der Waals surface area contributed by atoms with Crippen molar-refractivity contribution in [1.29, 1.82) is 0 Å². The van der Waals surface area contributed by atoms with Gasteiger partial charge in [0.25, 0.3) is 5.91 Å². The van der Waals surface area contributed by atoms with Gasteiger partial charge in [0, 0.05) is 12.7 Å². The number of hydrazine groups is 1. The number of carbonyl (C=O) groups is 1. The molecule has 10 heteroatoms. The molecule has 2 heterocycles. The summed E-state index contributed by atoms with van der Waals surface area (Å²) in [4.78, 5) is 26.2. The number of hydrogen-bond donors (Lipinski definition) is 2. The Morgan fingerprint density at radius 2 is 2.21 bits per heavy atom. The first kappa shape index (κ1) is 13.2. The number of aryl methyl sites for hydroxylation is 2. The number of amides is 1. The van der Waals surface area contributed by atoms with Gasteiger partial charge in [0.1, 0.15) is 0 Å². The van der Waals surface area contributed by atoms with E-state index in [1.54, 1.807) is 0 Å². The lowest BCUT2D eigenvalue weighted by atomic mass is 10.4. The molecular formula is C9H10ClN7O2. The zero-order valence-corrected chi connectivity index (χ0v) is 10.4. The lowest BCUT2D eigenvalue weighted by Crippen LogP contribution is -2.30. The molecule has 9 nitrogen and oxygen atoms in total. The first-order valence-electron chi connectivity index (χ1n) is 5.23. The van der Waals surface area contributed by atoms with Crippen LogP contribution in [0.25, 0.3) is 0 Å². The number of nitrogens with zero attached hydrogens (tertiary/aromatic N) is 5. The van der Waals surface area contributed by atoms with Gasteiger partial charge in [-0.3, -0.25) is 14.8 Å². The highest BCUT2D eigenvalue weighted by Gasteiger charge is 2.08. The van der Waals surface area contributed by atoms with Crippen molar-refractivity contribution in [2.45, 2.75) is 13.1 Å².